The largest absolute Gasteiger partial charge is 0.493 e. The Morgan fingerprint density at radius 2 is 1.55 bits per heavy atom. The zero-order chi connectivity index (χ0) is 27.5. The maximum absolute atomic E-state index is 12.7. The van der Waals surface area contributed by atoms with Gasteiger partial charge in [-0.05, 0) is 81.5 Å². The first-order valence-corrected chi connectivity index (χ1v) is 12.8. The second-order valence-electron chi connectivity index (χ2n) is 10.2. The number of aryl methyl sites for hydroxylation is 3. The zero-order valence-electron chi connectivity index (χ0n) is 22.9. The van der Waals surface area contributed by atoms with E-state index >= 15 is 0 Å². The Balaban J connectivity index is 1.49. The van der Waals surface area contributed by atoms with Crippen LogP contribution >= 0.6 is 0 Å². The van der Waals surface area contributed by atoms with E-state index in [1.165, 1.54) is 16.7 Å². The van der Waals surface area contributed by atoms with Crippen LogP contribution in [0.25, 0.3) is 0 Å². The number of amides is 2. The molecule has 0 saturated carbocycles. The van der Waals surface area contributed by atoms with Gasteiger partial charge in [0.2, 0.25) is 5.91 Å². The van der Waals surface area contributed by atoms with Crippen molar-refractivity contribution >= 4 is 17.7 Å². The molecule has 2 N–H and O–H groups in total. The van der Waals surface area contributed by atoms with Crippen LogP contribution in [0.3, 0.4) is 0 Å². The van der Waals surface area contributed by atoms with Gasteiger partial charge < -0.3 is 24.8 Å². The molecule has 3 aromatic rings. The van der Waals surface area contributed by atoms with Gasteiger partial charge in [-0.25, -0.2) is 4.79 Å². The van der Waals surface area contributed by atoms with E-state index in [1.807, 2.05) is 24.3 Å². The summed E-state index contributed by atoms with van der Waals surface area (Å²) in [5, 5.41) is 5.65. The Morgan fingerprint density at radius 3 is 2.24 bits per heavy atom. The minimum atomic E-state index is -0.555. The molecule has 0 heterocycles. The molecule has 7 nitrogen and oxygen atoms in total. The van der Waals surface area contributed by atoms with E-state index in [9.17, 15) is 9.59 Å². The van der Waals surface area contributed by atoms with Crippen LogP contribution in [0.5, 0.6) is 11.5 Å². The lowest BCUT2D eigenvalue weighted by Gasteiger charge is -2.19. The van der Waals surface area contributed by atoms with Gasteiger partial charge in [0.1, 0.15) is 12.2 Å². The SMILES string of the molecule is COc1cc(CC(=O)Nc2cccc(CCc3cccc(C)c3)c2)ccc1OCCNC(=O)OC(C)(C)C. The van der Waals surface area contributed by atoms with Crippen LogP contribution in [0.15, 0.2) is 66.7 Å². The fourth-order valence-electron chi connectivity index (χ4n) is 3.92. The predicted octanol–water partition coefficient (Wildman–Crippen LogP) is 5.87. The monoisotopic (exact) mass is 518 g/mol. The molecule has 7 heteroatoms. The van der Waals surface area contributed by atoms with Gasteiger partial charge >= 0.3 is 6.09 Å². The molecule has 0 aliphatic rings. The van der Waals surface area contributed by atoms with Crippen molar-refractivity contribution in [3.63, 3.8) is 0 Å². The molecule has 0 saturated heterocycles. The average Bonchev–Trinajstić information content (AvgIpc) is 2.85. The smallest absolute Gasteiger partial charge is 0.407 e. The van der Waals surface area contributed by atoms with Gasteiger partial charge in [-0.15, -0.1) is 0 Å². The summed E-state index contributed by atoms with van der Waals surface area (Å²) in [6.07, 6.45) is 1.56. The van der Waals surface area contributed by atoms with Gasteiger partial charge in [0.15, 0.2) is 11.5 Å². The van der Waals surface area contributed by atoms with Gasteiger partial charge in [0.05, 0.1) is 20.1 Å². The highest BCUT2D eigenvalue weighted by Gasteiger charge is 2.16. The molecule has 2 amide bonds. The van der Waals surface area contributed by atoms with Crippen molar-refractivity contribution in [3.05, 3.63) is 89.0 Å². The lowest BCUT2D eigenvalue weighted by atomic mass is 10.0. The van der Waals surface area contributed by atoms with E-state index in [4.69, 9.17) is 14.2 Å². The zero-order valence-corrected chi connectivity index (χ0v) is 22.9. The topological polar surface area (TPSA) is 85.9 Å². The molecule has 3 aromatic carbocycles. The van der Waals surface area contributed by atoms with Crippen molar-refractivity contribution in [2.24, 2.45) is 0 Å². The third-order valence-corrected chi connectivity index (χ3v) is 5.62. The highest BCUT2D eigenvalue weighted by atomic mass is 16.6. The third-order valence-electron chi connectivity index (χ3n) is 5.62. The molecule has 0 radical (unpaired) electrons. The summed E-state index contributed by atoms with van der Waals surface area (Å²) in [6.45, 7) is 8.05. The van der Waals surface area contributed by atoms with Gasteiger partial charge in [-0.1, -0.05) is 48.0 Å². The molecule has 0 aliphatic carbocycles. The minimum absolute atomic E-state index is 0.113. The first-order valence-electron chi connectivity index (χ1n) is 12.8. The number of alkyl carbamates (subject to hydrolysis) is 1. The highest BCUT2D eigenvalue weighted by molar-refractivity contribution is 5.92. The number of methoxy groups -OCH3 is 1. The van der Waals surface area contributed by atoms with Crippen LogP contribution in [0.4, 0.5) is 10.5 Å². The quantitative estimate of drug-likeness (QED) is 0.310. The Kier molecular flexibility index (Phi) is 10.2. The van der Waals surface area contributed by atoms with Crippen LogP contribution in [-0.2, 0) is 28.8 Å². The first kappa shape index (κ1) is 28.6. The lowest BCUT2D eigenvalue weighted by molar-refractivity contribution is -0.115. The Labute approximate surface area is 225 Å². The van der Waals surface area contributed by atoms with Crippen molar-refractivity contribution in [1.29, 1.82) is 0 Å². The van der Waals surface area contributed by atoms with Crippen LogP contribution in [-0.4, -0.2) is 37.9 Å². The number of anilines is 1. The van der Waals surface area contributed by atoms with Crippen LogP contribution < -0.4 is 20.1 Å². The molecule has 0 unspecified atom stereocenters. The maximum atomic E-state index is 12.7. The Bertz CT molecular complexity index is 1230. The highest BCUT2D eigenvalue weighted by Crippen LogP contribution is 2.28. The van der Waals surface area contributed by atoms with Gasteiger partial charge in [0, 0.05) is 5.69 Å². The second-order valence-corrected chi connectivity index (χ2v) is 10.2. The summed E-state index contributed by atoms with van der Waals surface area (Å²) >= 11 is 0. The summed E-state index contributed by atoms with van der Waals surface area (Å²) in [5.74, 6) is 0.938. The fraction of sp³-hybridized carbons (Fsp3) is 0.355. The second kappa shape index (κ2) is 13.5. The number of hydrogen-bond acceptors (Lipinski definition) is 5. The number of ether oxygens (including phenoxy) is 3. The van der Waals surface area contributed by atoms with Crippen LogP contribution in [0.1, 0.15) is 43.0 Å². The summed E-state index contributed by atoms with van der Waals surface area (Å²) < 4.78 is 16.4. The van der Waals surface area contributed by atoms with E-state index in [0.717, 1.165) is 24.1 Å². The van der Waals surface area contributed by atoms with E-state index in [1.54, 1.807) is 40.0 Å². The lowest BCUT2D eigenvalue weighted by Crippen LogP contribution is -2.34. The van der Waals surface area contributed by atoms with Crippen molar-refractivity contribution < 1.29 is 23.8 Å². The average molecular weight is 519 g/mol. The summed E-state index contributed by atoms with van der Waals surface area (Å²) in [4.78, 5) is 24.5. The maximum Gasteiger partial charge on any atom is 0.407 e. The molecule has 0 fully saturated rings. The molecule has 0 bridgehead atoms. The molecular weight excluding hydrogens is 480 g/mol. The molecule has 0 aliphatic heterocycles. The van der Waals surface area contributed by atoms with Gasteiger partial charge in [-0.3, -0.25) is 4.79 Å². The van der Waals surface area contributed by atoms with Gasteiger partial charge in [-0.2, -0.15) is 0 Å². The third kappa shape index (κ3) is 9.81. The Morgan fingerprint density at radius 1 is 0.842 bits per heavy atom. The number of carbonyl (C=O) groups is 2. The molecular formula is C31H38N2O5. The van der Waals surface area contributed by atoms with E-state index in [-0.39, 0.29) is 25.5 Å². The number of nitrogens with one attached hydrogen (secondary N) is 2. The number of rotatable bonds is 11. The molecule has 0 spiro atoms. The number of hydrogen-bond donors (Lipinski definition) is 2. The van der Waals surface area contributed by atoms with Crippen molar-refractivity contribution in [2.75, 3.05) is 25.6 Å². The fourth-order valence-corrected chi connectivity index (χ4v) is 3.92. The molecule has 0 aromatic heterocycles. The molecule has 0 atom stereocenters. The van der Waals surface area contributed by atoms with E-state index in [0.29, 0.717) is 11.5 Å². The first-order chi connectivity index (χ1) is 18.1. The molecule has 3 rings (SSSR count). The van der Waals surface area contributed by atoms with Crippen molar-refractivity contribution in [1.82, 2.24) is 5.32 Å². The van der Waals surface area contributed by atoms with Gasteiger partial charge in [0.25, 0.3) is 0 Å². The predicted molar refractivity (Wildman–Crippen MR) is 150 cm³/mol. The van der Waals surface area contributed by atoms with Crippen molar-refractivity contribution in [2.45, 2.75) is 52.6 Å². The van der Waals surface area contributed by atoms with E-state index < -0.39 is 11.7 Å². The normalized spacial score (nSPS) is 11.0. The number of carbonyl (C=O) groups excluding carboxylic acids is 2. The van der Waals surface area contributed by atoms with Crippen LogP contribution in [0.2, 0.25) is 0 Å². The minimum Gasteiger partial charge on any atom is -0.493 e. The summed E-state index contributed by atoms with van der Waals surface area (Å²) in [5.41, 5.74) is 4.76. The van der Waals surface area contributed by atoms with Crippen molar-refractivity contribution in [3.8, 4) is 11.5 Å². The summed E-state index contributed by atoms with van der Waals surface area (Å²) in [7, 11) is 1.55. The molecule has 38 heavy (non-hydrogen) atoms. The summed E-state index contributed by atoms with van der Waals surface area (Å²) in [6, 6.07) is 21.9. The van der Waals surface area contributed by atoms with E-state index in [2.05, 4.69) is 47.9 Å². The molecule has 202 valence electrons. The standard InChI is InChI=1S/C31H38N2O5/c1-22-8-6-9-23(18-22)12-13-24-10-7-11-26(19-24)33-29(34)21-25-14-15-27(28(20-25)36-5)37-17-16-32-30(35)38-31(2,3)4/h6-11,14-15,18-20H,12-13,16-17,21H2,1-5H3,(H,32,35)(H,33,34). The number of benzene rings is 3. The Hall–Kier alpha value is -4.00. The van der Waals surface area contributed by atoms with Crippen LogP contribution in [0, 0.1) is 6.92 Å².